The van der Waals surface area contributed by atoms with Crippen molar-refractivity contribution in [3.05, 3.63) is 12.3 Å². The third kappa shape index (κ3) is 2.12. The normalized spacial score (nSPS) is 15.3. The van der Waals surface area contributed by atoms with Crippen LogP contribution in [0.1, 0.15) is 12.8 Å². The molecule has 76 valence electrons. The Morgan fingerprint density at radius 3 is 2.79 bits per heavy atom. The van der Waals surface area contributed by atoms with E-state index in [1.54, 1.807) is 25.1 Å². The van der Waals surface area contributed by atoms with Gasteiger partial charge in [-0.3, -0.25) is 0 Å². The molecular weight excluding hydrogens is 198 g/mol. The number of aromatic nitrogens is 1. The number of pyridine rings is 1. The van der Waals surface area contributed by atoms with E-state index in [1.165, 1.54) is 0 Å². The summed E-state index contributed by atoms with van der Waals surface area (Å²) in [6.45, 7) is 0. The maximum absolute atomic E-state index is 5.65. The summed E-state index contributed by atoms with van der Waals surface area (Å²) in [6.07, 6.45) is 6.40. The number of methoxy groups -OCH3 is 1. The van der Waals surface area contributed by atoms with Gasteiger partial charge in [0.25, 0.3) is 0 Å². The Hall–Kier alpha value is -0.900. The average molecular weight is 211 g/mol. The molecule has 0 unspecified atom stereocenters. The first-order valence-electron chi connectivity index (χ1n) is 4.58. The predicted molar refractivity (Wildman–Crippen MR) is 56.2 cm³/mol. The summed E-state index contributed by atoms with van der Waals surface area (Å²) in [5.41, 5.74) is 0. The van der Waals surface area contributed by atoms with Crippen molar-refractivity contribution >= 4 is 11.8 Å². The molecule has 0 N–H and O–H groups in total. The monoisotopic (exact) mass is 211 g/mol. The minimum atomic E-state index is 0.380. The van der Waals surface area contributed by atoms with Crippen LogP contribution < -0.4 is 9.47 Å². The number of hydrogen-bond acceptors (Lipinski definition) is 4. The van der Waals surface area contributed by atoms with E-state index in [0.717, 1.165) is 29.4 Å². The zero-order valence-electron chi connectivity index (χ0n) is 8.32. The first kappa shape index (κ1) is 9.65. The first-order chi connectivity index (χ1) is 6.83. The van der Waals surface area contributed by atoms with Gasteiger partial charge in [-0.05, 0) is 19.1 Å². The lowest BCUT2D eigenvalue weighted by molar-refractivity contribution is 0.280. The van der Waals surface area contributed by atoms with Crippen molar-refractivity contribution in [3.8, 4) is 11.5 Å². The van der Waals surface area contributed by atoms with Gasteiger partial charge >= 0.3 is 0 Å². The lowest BCUT2D eigenvalue weighted by Gasteiger charge is -2.09. The van der Waals surface area contributed by atoms with Crippen molar-refractivity contribution in [1.82, 2.24) is 4.98 Å². The summed E-state index contributed by atoms with van der Waals surface area (Å²) < 4.78 is 10.9. The smallest absolute Gasteiger partial charge is 0.179 e. The van der Waals surface area contributed by atoms with Gasteiger partial charge < -0.3 is 9.47 Å². The maximum Gasteiger partial charge on any atom is 0.179 e. The molecule has 1 heterocycles. The van der Waals surface area contributed by atoms with E-state index in [1.807, 2.05) is 12.3 Å². The number of nitrogens with zero attached hydrogens (tertiary/aromatic N) is 1. The van der Waals surface area contributed by atoms with Crippen LogP contribution in [0.25, 0.3) is 0 Å². The van der Waals surface area contributed by atoms with Crippen molar-refractivity contribution in [2.75, 3.05) is 13.4 Å². The predicted octanol–water partition coefficient (Wildman–Crippen LogP) is 2.35. The highest BCUT2D eigenvalue weighted by Gasteiger charge is 2.25. The van der Waals surface area contributed by atoms with Gasteiger partial charge in [0, 0.05) is 6.07 Å². The fourth-order valence-electron chi connectivity index (χ4n) is 1.13. The fourth-order valence-corrected chi connectivity index (χ4v) is 1.51. The second kappa shape index (κ2) is 4.09. The van der Waals surface area contributed by atoms with Gasteiger partial charge in [-0.15, -0.1) is 11.8 Å². The van der Waals surface area contributed by atoms with Gasteiger partial charge in [0.05, 0.1) is 24.4 Å². The molecule has 2 rings (SSSR count). The lowest BCUT2D eigenvalue weighted by atomic mass is 10.4. The number of hydrogen-bond donors (Lipinski definition) is 0. The van der Waals surface area contributed by atoms with E-state index in [-0.39, 0.29) is 0 Å². The third-order valence-corrected chi connectivity index (χ3v) is 2.70. The Bertz CT molecular complexity index is 326. The molecule has 1 saturated carbocycles. The van der Waals surface area contributed by atoms with Gasteiger partial charge in [-0.25, -0.2) is 4.98 Å². The highest BCUT2D eigenvalue weighted by molar-refractivity contribution is 7.98. The van der Waals surface area contributed by atoms with Crippen molar-refractivity contribution in [2.45, 2.75) is 24.0 Å². The van der Waals surface area contributed by atoms with Crippen molar-refractivity contribution < 1.29 is 9.47 Å². The van der Waals surface area contributed by atoms with Gasteiger partial charge in [0.15, 0.2) is 11.5 Å². The molecule has 0 spiro atoms. The standard InChI is InChI=1S/C10H13NO2S/c1-12-8-5-10(14-2)11-6-9(8)13-7-3-4-7/h5-7H,3-4H2,1-2H3. The highest BCUT2D eigenvalue weighted by atomic mass is 32.2. The lowest BCUT2D eigenvalue weighted by Crippen LogP contribution is -1.99. The molecule has 0 atom stereocenters. The van der Waals surface area contributed by atoms with E-state index in [4.69, 9.17) is 9.47 Å². The van der Waals surface area contributed by atoms with Gasteiger partial charge in [-0.1, -0.05) is 0 Å². The molecule has 0 radical (unpaired) electrons. The van der Waals surface area contributed by atoms with E-state index in [2.05, 4.69) is 4.98 Å². The van der Waals surface area contributed by atoms with E-state index in [0.29, 0.717) is 6.10 Å². The van der Waals surface area contributed by atoms with Gasteiger partial charge in [0.1, 0.15) is 0 Å². The highest BCUT2D eigenvalue weighted by Crippen LogP contribution is 2.34. The Kier molecular flexibility index (Phi) is 2.82. The maximum atomic E-state index is 5.65. The molecule has 0 aliphatic heterocycles. The van der Waals surface area contributed by atoms with Crippen LogP contribution in [0.5, 0.6) is 11.5 Å². The van der Waals surface area contributed by atoms with Crippen LogP contribution in [0.4, 0.5) is 0 Å². The summed E-state index contributed by atoms with van der Waals surface area (Å²) in [4.78, 5) is 4.24. The van der Waals surface area contributed by atoms with Gasteiger partial charge in [-0.2, -0.15) is 0 Å². The van der Waals surface area contributed by atoms with Gasteiger partial charge in [0.2, 0.25) is 0 Å². The number of ether oxygens (including phenoxy) is 2. The minimum Gasteiger partial charge on any atom is -0.493 e. The second-order valence-corrected chi connectivity index (χ2v) is 4.02. The van der Waals surface area contributed by atoms with Crippen LogP contribution >= 0.6 is 11.8 Å². The first-order valence-corrected chi connectivity index (χ1v) is 5.80. The van der Waals surface area contributed by atoms with Crippen LogP contribution in [0.3, 0.4) is 0 Å². The van der Waals surface area contributed by atoms with Crippen LogP contribution in [0, 0.1) is 0 Å². The van der Waals surface area contributed by atoms with Crippen molar-refractivity contribution in [2.24, 2.45) is 0 Å². The topological polar surface area (TPSA) is 31.4 Å². The average Bonchev–Trinajstić information content (AvgIpc) is 3.02. The Balaban J connectivity index is 2.19. The second-order valence-electron chi connectivity index (χ2n) is 3.19. The van der Waals surface area contributed by atoms with E-state index >= 15 is 0 Å². The largest absolute Gasteiger partial charge is 0.493 e. The number of rotatable bonds is 4. The molecule has 1 aliphatic carbocycles. The molecule has 0 bridgehead atoms. The molecule has 0 saturated heterocycles. The molecular formula is C10H13NO2S. The zero-order chi connectivity index (χ0) is 9.97. The summed E-state index contributed by atoms with van der Waals surface area (Å²) >= 11 is 1.59. The number of thioether (sulfide) groups is 1. The molecule has 1 aromatic heterocycles. The summed E-state index contributed by atoms with van der Waals surface area (Å²) in [5.74, 6) is 1.53. The molecule has 1 aliphatic rings. The fraction of sp³-hybridized carbons (Fsp3) is 0.500. The quantitative estimate of drug-likeness (QED) is 0.715. The van der Waals surface area contributed by atoms with Crippen LogP contribution in [-0.4, -0.2) is 24.5 Å². The zero-order valence-corrected chi connectivity index (χ0v) is 9.13. The molecule has 4 heteroatoms. The Morgan fingerprint density at radius 1 is 1.43 bits per heavy atom. The third-order valence-electron chi connectivity index (χ3n) is 2.05. The van der Waals surface area contributed by atoms with Crippen LogP contribution in [0.15, 0.2) is 17.3 Å². The van der Waals surface area contributed by atoms with E-state index < -0.39 is 0 Å². The molecule has 1 aromatic rings. The summed E-state index contributed by atoms with van der Waals surface area (Å²) in [6, 6.07) is 1.91. The van der Waals surface area contributed by atoms with Crippen LogP contribution in [0.2, 0.25) is 0 Å². The Labute approximate surface area is 87.8 Å². The molecule has 0 amide bonds. The molecule has 0 aromatic carbocycles. The van der Waals surface area contributed by atoms with Crippen LogP contribution in [-0.2, 0) is 0 Å². The molecule has 3 nitrogen and oxygen atoms in total. The van der Waals surface area contributed by atoms with Crippen molar-refractivity contribution in [1.29, 1.82) is 0 Å². The summed E-state index contributed by atoms with van der Waals surface area (Å²) in [7, 11) is 1.65. The SMILES string of the molecule is COc1cc(SC)ncc1OC1CC1. The molecule has 14 heavy (non-hydrogen) atoms. The Morgan fingerprint density at radius 2 is 2.21 bits per heavy atom. The summed E-state index contributed by atoms with van der Waals surface area (Å²) in [5, 5.41) is 0.949. The van der Waals surface area contributed by atoms with E-state index in [9.17, 15) is 0 Å². The minimum absolute atomic E-state index is 0.380. The molecule has 1 fully saturated rings. The van der Waals surface area contributed by atoms with Crippen molar-refractivity contribution in [3.63, 3.8) is 0 Å².